The molecule has 0 saturated carbocycles. The summed E-state index contributed by atoms with van der Waals surface area (Å²) in [4.78, 5) is 25.5. The van der Waals surface area contributed by atoms with Crippen LogP contribution in [0, 0.1) is 6.92 Å². The van der Waals surface area contributed by atoms with Gasteiger partial charge in [0.05, 0.1) is 10.7 Å². The Labute approximate surface area is 222 Å². The molecule has 11 heteroatoms. The number of hydrogen-bond acceptors (Lipinski definition) is 6. The summed E-state index contributed by atoms with van der Waals surface area (Å²) >= 11 is 1.61. The number of halogens is 3. The minimum Gasteiger partial charge on any atom is -0.384 e. The second-order valence-corrected chi connectivity index (χ2v) is 11.3. The van der Waals surface area contributed by atoms with Crippen LogP contribution in [-0.2, 0) is 34.4 Å². The molecule has 1 atom stereocenters. The number of likely N-dealkylation sites (tertiary alicyclic amines) is 1. The molecule has 3 aliphatic rings. The van der Waals surface area contributed by atoms with Crippen LogP contribution in [-0.4, -0.2) is 44.4 Å². The van der Waals surface area contributed by atoms with E-state index in [0.717, 1.165) is 59.3 Å². The van der Waals surface area contributed by atoms with Crippen LogP contribution < -0.4 is 0 Å². The molecular weight excluding hydrogens is 515 g/mol. The molecule has 1 saturated heterocycles. The number of fused-ring (bicyclic) bond motifs is 2. The first-order valence-electron chi connectivity index (χ1n) is 12.9. The Morgan fingerprint density at radius 3 is 2.79 bits per heavy atom. The number of carbonyl (C=O) groups is 1. The lowest BCUT2D eigenvalue weighted by molar-refractivity contribution is -0.142. The minimum atomic E-state index is -4.53. The molecule has 3 aromatic rings. The number of carbonyl (C=O) groups excluding carboxylic acids is 1. The van der Waals surface area contributed by atoms with Gasteiger partial charge < -0.3 is 9.74 Å². The van der Waals surface area contributed by atoms with Crippen LogP contribution in [0.2, 0.25) is 0 Å². The topological polar surface area (TPSA) is 72.6 Å². The first-order valence-corrected chi connectivity index (χ1v) is 13.8. The number of aryl methyl sites for hydroxylation is 2. The number of hydrogen-bond donors (Lipinski definition) is 0. The van der Waals surface area contributed by atoms with Crippen molar-refractivity contribution in [2.75, 3.05) is 13.1 Å². The quantitative estimate of drug-likeness (QED) is 0.440. The van der Waals surface area contributed by atoms with Crippen molar-refractivity contribution in [1.82, 2.24) is 19.7 Å². The molecule has 0 radical (unpaired) electrons. The Balaban J connectivity index is 1.06. The maximum Gasteiger partial charge on any atom is 0.435 e. The van der Waals surface area contributed by atoms with Crippen LogP contribution in [0.5, 0.6) is 0 Å². The fourth-order valence-corrected chi connectivity index (χ4v) is 6.80. The van der Waals surface area contributed by atoms with Gasteiger partial charge >= 0.3 is 6.18 Å². The van der Waals surface area contributed by atoms with Crippen molar-refractivity contribution in [2.24, 2.45) is 5.16 Å². The summed E-state index contributed by atoms with van der Waals surface area (Å²) in [5, 5.41) is 11.1. The van der Waals surface area contributed by atoms with Crippen molar-refractivity contribution in [3.05, 3.63) is 68.9 Å². The van der Waals surface area contributed by atoms with Gasteiger partial charge in [-0.05, 0) is 50.7 Å². The molecular formula is C27H28F3N5O2S. The van der Waals surface area contributed by atoms with E-state index in [9.17, 15) is 18.0 Å². The average molecular weight is 544 g/mol. The van der Waals surface area contributed by atoms with E-state index in [-0.39, 0.29) is 18.4 Å². The van der Waals surface area contributed by atoms with Gasteiger partial charge in [0.25, 0.3) is 0 Å². The van der Waals surface area contributed by atoms with Crippen molar-refractivity contribution in [1.29, 1.82) is 0 Å². The molecule has 200 valence electrons. The van der Waals surface area contributed by atoms with Crippen LogP contribution in [0.1, 0.15) is 71.2 Å². The van der Waals surface area contributed by atoms with E-state index >= 15 is 0 Å². The maximum atomic E-state index is 12.9. The van der Waals surface area contributed by atoms with E-state index in [0.29, 0.717) is 25.2 Å². The van der Waals surface area contributed by atoms with E-state index in [1.165, 1.54) is 18.1 Å². The predicted molar refractivity (Wildman–Crippen MR) is 136 cm³/mol. The number of piperidine rings is 1. The zero-order valence-corrected chi connectivity index (χ0v) is 21.8. The lowest BCUT2D eigenvalue weighted by Gasteiger charge is -2.33. The van der Waals surface area contributed by atoms with E-state index < -0.39 is 17.5 Å². The summed E-state index contributed by atoms with van der Waals surface area (Å²) < 4.78 is 40.0. The lowest BCUT2D eigenvalue weighted by atomic mass is 9.76. The van der Waals surface area contributed by atoms with Gasteiger partial charge in [-0.1, -0.05) is 29.4 Å². The Morgan fingerprint density at radius 1 is 1.24 bits per heavy atom. The minimum absolute atomic E-state index is 0.196. The lowest BCUT2D eigenvalue weighted by Crippen LogP contribution is -2.40. The average Bonchev–Trinajstić information content (AvgIpc) is 3.64. The van der Waals surface area contributed by atoms with Crippen LogP contribution in [0.4, 0.5) is 13.2 Å². The highest BCUT2D eigenvalue weighted by molar-refractivity contribution is 7.10. The zero-order chi connectivity index (χ0) is 26.5. The fourth-order valence-electron chi connectivity index (χ4n) is 5.80. The highest BCUT2D eigenvalue weighted by Gasteiger charge is 2.44. The highest BCUT2D eigenvalue weighted by Crippen LogP contribution is 2.45. The molecule has 7 nitrogen and oxygen atoms in total. The monoisotopic (exact) mass is 543 g/mol. The molecule has 1 fully saturated rings. The summed E-state index contributed by atoms with van der Waals surface area (Å²) in [6.45, 7) is 2.40. The summed E-state index contributed by atoms with van der Waals surface area (Å²) in [7, 11) is 0. The van der Waals surface area contributed by atoms with Crippen molar-refractivity contribution >= 4 is 23.0 Å². The van der Waals surface area contributed by atoms with E-state index in [4.69, 9.17) is 9.82 Å². The van der Waals surface area contributed by atoms with Gasteiger partial charge in [0.1, 0.15) is 12.3 Å². The molecule has 1 amide bonds. The molecule has 0 bridgehead atoms. The zero-order valence-electron chi connectivity index (χ0n) is 21.0. The molecule has 6 rings (SSSR count). The van der Waals surface area contributed by atoms with Gasteiger partial charge in [-0.25, -0.2) is 4.98 Å². The van der Waals surface area contributed by atoms with E-state index in [2.05, 4.69) is 34.5 Å². The number of rotatable bonds is 4. The Hall–Kier alpha value is -3.21. The van der Waals surface area contributed by atoms with Crippen molar-refractivity contribution < 1.29 is 22.8 Å². The predicted octanol–water partition coefficient (Wildman–Crippen LogP) is 5.43. The van der Waals surface area contributed by atoms with Crippen molar-refractivity contribution in [2.45, 2.75) is 69.7 Å². The second kappa shape index (κ2) is 9.52. The van der Waals surface area contributed by atoms with Crippen molar-refractivity contribution in [3.63, 3.8) is 0 Å². The summed E-state index contributed by atoms with van der Waals surface area (Å²) in [6, 6.07) is 9.42. The molecule has 1 aliphatic carbocycles. The third-order valence-corrected chi connectivity index (χ3v) is 8.90. The first-order chi connectivity index (χ1) is 18.2. The van der Waals surface area contributed by atoms with Crippen molar-refractivity contribution in [3.8, 4) is 0 Å². The van der Waals surface area contributed by atoms with Crippen LogP contribution in [0.3, 0.4) is 0 Å². The van der Waals surface area contributed by atoms with E-state index in [1.807, 2.05) is 5.38 Å². The van der Waals surface area contributed by atoms with Gasteiger partial charge in [-0.2, -0.15) is 18.3 Å². The van der Waals surface area contributed by atoms with Gasteiger partial charge in [0, 0.05) is 42.1 Å². The van der Waals surface area contributed by atoms with Gasteiger partial charge in [0.2, 0.25) is 5.91 Å². The number of thiazole rings is 1. The largest absolute Gasteiger partial charge is 0.435 e. The molecule has 2 aromatic heterocycles. The molecule has 1 spiro atoms. The molecule has 0 N–H and O–H groups in total. The SMILES string of the molecule is Cc1cc(C(F)(F)F)nn1CC(=O)N1CCC(c2nc(C3=NOC4(CCCc5ccccc54)C3)cs2)CC1. The Kier molecular flexibility index (Phi) is 6.28. The van der Waals surface area contributed by atoms with Crippen LogP contribution in [0.25, 0.3) is 0 Å². The van der Waals surface area contributed by atoms with Crippen LogP contribution >= 0.6 is 11.3 Å². The number of benzene rings is 1. The smallest absolute Gasteiger partial charge is 0.384 e. The second-order valence-electron chi connectivity index (χ2n) is 10.4. The van der Waals surface area contributed by atoms with E-state index in [1.54, 1.807) is 16.2 Å². The highest BCUT2D eigenvalue weighted by atomic mass is 32.1. The molecule has 1 unspecified atom stereocenters. The number of amides is 1. The molecule has 1 aromatic carbocycles. The number of alkyl halides is 3. The first kappa shape index (κ1) is 25.1. The van der Waals surface area contributed by atoms with Crippen LogP contribution in [0.15, 0.2) is 40.9 Å². The van der Waals surface area contributed by atoms with Gasteiger partial charge in [0.15, 0.2) is 11.3 Å². The standard InChI is InChI=1S/C27H28F3N5O2S/c1-17-13-23(27(28,29)30)32-35(17)15-24(36)34-11-8-19(9-12-34)25-31-22(16-38-25)21-14-26(37-33-21)10-4-6-18-5-2-3-7-20(18)26/h2-3,5,7,13,16,19H,4,6,8-12,14-15H2,1H3. The Bertz CT molecular complexity index is 1390. The third-order valence-electron chi connectivity index (χ3n) is 7.89. The fraction of sp³-hybridized carbons (Fsp3) is 0.481. The Morgan fingerprint density at radius 2 is 2.03 bits per heavy atom. The summed E-state index contributed by atoms with van der Waals surface area (Å²) in [5.41, 5.74) is 3.25. The molecule has 2 aliphatic heterocycles. The normalized spacial score (nSPS) is 21.9. The number of aromatic nitrogens is 3. The summed E-state index contributed by atoms with van der Waals surface area (Å²) in [5.74, 6) is 0.00656. The summed E-state index contributed by atoms with van der Waals surface area (Å²) in [6.07, 6.45) is 0.772. The molecule has 38 heavy (non-hydrogen) atoms. The number of nitrogens with zero attached hydrogens (tertiary/aromatic N) is 5. The maximum absolute atomic E-state index is 12.9. The molecule has 4 heterocycles. The van der Waals surface area contributed by atoms with Gasteiger partial charge in [-0.15, -0.1) is 11.3 Å². The third kappa shape index (κ3) is 4.61. The van der Waals surface area contributed by atoms with Gasteiger partial charge in [-0.3, -0.25) is 9.48 Å². The number of oxime groups is 1.